The van der Waals surface area contributed by atoms with Crippen LogP contribution in [0.4, 0.5) is 5.69 Å². The molecule has 0 atom stereocenters. The summed E-state index contributed by atoms with van der Waals surface area (Å²) in [5.41, 5.74) is 2.80. The number of nitrogens with zero attached hydrogens (tertiary/aromatic N) is 2. The number of benzene rings is 1. The summed E-state index contributed by atoms with van der Waals surface area (Å²) in [4.78, 5) is 7.46. The van der Waals surface area contributed by atoms with Gasteiger partial charge in [0, 0.05) is 29.7 Å². The van der Waals surface area contributed by atoms with E-state index in [0.29, 0.717) is 12.6 Å². The van der Waals surface area contributed by atoms with Gasteiger partial charge in [-0.3, -0.25) is 0 Å². The van der Waals surface area contributed by atoms with Crippen LogP contribution in [-0.4, -0.2) is 49.3 Å². The molecule has 1 saturated carbocycles. The SMILES string of the molecule is COc1cc2c(NC3CCCC3)cc(-c3ccc(C)o3)nc2cc1OCCCN1CCCC1. The number of nitrogens with one attached hydrogen (secondary N) is 1. The zero-order valence-corrected chi connectivity index (χ0v) is 19.9. The minimum absolute atomic E-state index is 0.495. The van der Waals surface area contributed by atoms with E-state index >= 15 is 0 Å². The molecule has 5 rings (SSSR count). The summed E-state index contributed by atoms with van der Waals surface area (Å²) in [5.74, 6) is 3.17. The zero-order chi connectivity index (χ0) is 22.6. The molecule has 176 valence electrons. The lowest BCUT2D eigenvalue weighted by Crippen LogP contribution is -2.21. The Morgan fingerprint density at radius 1 is 1.06 bits per heavy atom. The molecule has 0 amide bonds. The van der Waals surface area contributed by atoms with Gasteiger partial charge in [-0.25, -0.2) is 4.98 Å². The monoisotopic (exact) mass is 449 g/mol. The van der Waals surface area contributed by atoms with Crippen molar-refractivity contribution in [3.05, 3.63) is 36.1 Å². The van der Waals surface area contributed by atoms with Gasteiger partial charge in [-0.05, 0) is 76.4 Å². The molecule has 3 heterocycles. The Morgan fingerprint density at radius 2 is 1.88 bits per heavy atom. The number of methoxy groups -OCH3 is 1. The van der Waals surface area contributed by atoms with Crippen molar-refractivity contribution in [1.82, 2.24) is 9.88 Å². The van der Waals surface area contributed by atoms with E-state index in [1.807, 2.05) is 25.1 Å². The van der Waals surface area contributed by atoms with Crippen molar-refractivity contribution >= 4 is 16.6 Å². The summed E-state index contributed by atoms with van der Waals surface area (Å²) in [6.07, 6.45) is 8.62. The Bertz CT molecular complexity index is 1080. The maximum Gasteiger partial charge on any atom is 0.163 e. The van der Waals surface area contributed by atoms with Crippen molar-refractivity contribution in [3.8, 4) is 23.0 Å². The first kappa shape index (κ1) is 22.1. The van der Waals surface area contributed by atoms with E-state index in [0.717, 1.165) is 58.3 Å². The molecule has 33 heavy (non-hydrogen) atoms. The fourth-order valence-corrected chi connectivity index (χ4v) is 5.09. The van der Waals surface area contributed by atoms with Crippen LogP contribution in [0.5, 0.6) is 11.5 Å². The van der Waals surface area contributed by atoms with Gasteiger partial charge in [0.25, 0.3) is 0 Å². The highest BCUT2D eigenvalue weighted by atomic mass is 16.5. The highest BCUT2D eigenvalue weighted by molar-refractivity contribution is 5.95. The Hall–Kier alpha value is -2.73. The number of aryl methyl sites for hydroxylation is 1. The Labute approximate surface area is 196 Å². The molecule has 6 heteroatoms. The van der Waals surface area contributed by atoms with Gasteiger partial charge in [0.1, 0.15) is 11.5 Å². The van der Waals surface area contributed by atoms with Gasteiger partial charge >= 0.3 is 0 Å². The van der Waals surface area contributed by atoms with Crippen LogP contribution in [0.3, 0.4) is 0 Å². The molecule has 0 radical (unpaired) electrons. The van der Waals surface area contributed by atoms with Crippen molar-refractivity contribution in [2.24, 2.45) is 0 Å². The predicted molar refractivity (Wildman–Crippen MR) is 132 cm³/mol. The molecular formula is C27H35N3O3. The smallest absolute Gasteiger partial charge is 0.163 e. The third-order valence-electron chi connectivity index (χ3n) is 6.88. The molecule has 2 aliphatic rings. The van der Waals surface area contributed by atoms with Gasteiger partial charge < -0.3 is 24.1 Å². The summed E-state index contributed by atoms with van der Waals surface area (Å²) in [6.45, 7) is 6.15. The maximum atomic E-state index is 6.18. The second-order valence-corrected chi connectivity index (χ2v) is 9.36. The molecule has 1 aliphatic heterocycles. The second-order valence-electron chi connectivity index (χ2n) is 9.36. The van der Waals surface area contributed by atoms with Gasteiger partial charge in [0.15, 0.2) is 17.3 Å². The molecular weight excluding hydrogens is 414 g/mol. The molecule has 3 aromatic rings. The summed E-state index contributed by atoms with van der Waals surface area (Å²) in [6, 6.07) is 10.6. The van der Waals surface area contributed by atoms with Crippen molar-refractivity contribution in [2.45, 2.75) is 57.9 Å². The summed E-state index contributed by atoms with van der Waals surface area (Å²) in [5, 5.41) is 4.82. The first-order chi connectivity index (χ1) is 16.2. The van der Waals surface area contributed by atoms with Crippen LogP contribution in [0.15, 0.2) is 34.7 Å². The summed E-state index contributed by atoms with van der Waals surface area (Å²) in [7, 11) is 1.70. The van der Waals surface area contributed by atoms with Crippen LogP contribution in [-0.2, 0) is 0 Å². The van der Waals surface area contributed by atoms with E-state index in [1.165, 1.54) is 51.6 Å². The Balaban J connectivity index is 1.44. The van der Waals surface area contributed by atoms with Crippen LogP contribution in [0.25, 0.3) is 22.4 Å². The van der Waals surface area contributed by atoms with E-state index in [4.69, 9.17) is 18.9 Å². The fraction of sp³-hybridized carbons (Fsp3) is 0.519. The van der Waals surface area contributed by atoms with Crippen molar-refractivity contribution in [2.75, 3.05) is 38.7 Å². The number of likely N-dealkylation sites (tertiary alicyclic amines) is 1. The molecule has 6 nitrogen and oxygen atoms in total. The predicted octanol–water partition coefficient (Wildman–Crippen LogP) is 6.03. The number of anilines is 1. The Kier molecular flexibility index (Phi) is 6.72. The molecule has 0 bridgehead atoms. The third-order valence-corrected chi connectivity index (χ3v) is 6.88. The average Bonchev–Trinajstić information content (AvgIpc) is 3.60. The number of hydrogen-bond donors (Lipinski definition) is 1. The van der Waals surface area contributed by atoms with Gasteiger partial charge in [0.05, 0.1) is 19.2 Å². The standard InChI is InChI=1S/C27H35N3O3/c1-19-10-11-25(33-19)24-17-22(28-20-8-3-4-9-20)21-16-26(31-2)27(18-23(21)29-24)32-15-7-14-30-12-5-6-13-30/h10-11,16-18,20H,3-9,12-15H2,1-2H3,(H,28,29). The Morgan fingerprint density at radius 3 is 2.61 bits per heavy atom. The number of furan rings is 1. The van der Waals surface area contributed by atoms with Crippen LogP contribution in [0.1, 0.15) is 50.7 Å². The number of hydrogen-bond acceptors (Lipinski definition) is 6. The number of aromatic nitrogens is 1. The molecule has 1 aromatic carbocycles. The quantitative estimate of drug-likeness (QED) is 0.403. The zero-order valence-electron chi connectivity index (χ0n) is 19.9. The van der Waals surface area contributed by atoms with E-state index in [-0.39, 0.29) is 0 Å². The van der Waals surface area contributed by atoms with Gasteiger partial charge in [-0.2, -0.15) is 0 Å². The number of pyridine rings is 1. The third kappa shape index (κ3) is 5.11. The highest BCUT2D eigenvalue weighted by Gasteiger charge is 2.19. The molecule has 1 aliphatic carbocycles. The van der Waals surface area contributed by atoms with Crippen LogP contribution in [0, 0.1) is 6.92 Å². The molecule has 0 unspecified atom stereocenters. The number of ether oxygens (including phenoxy) is 2. The lowest BCUT2D eigenvalue weighted by Gasteiger charge is -2.19. The van der Waals surface area contributed by atoms with E-state index in [1.54, 1.807) is 7.11 Å². The largest absolute Gasteiger partial charge is 0.493 e. The first-order valence-electron chi connectivity index (χ1n) is 12.4. The van der Waals surface area contributed by atoms with Crippen LogP contribution < -0.4 is 14.8 Å². The van der Waals surface area contributed by atoms with Gasteiger partial charge in [-0.1, -0.05) is 12.8 Å². The molecule has 0 spiro atoms. The van der Waals surface area contributed by atoms with E-state index in [2.05, 4.69) is 22.3 Å². The fourth-order valence-electron chi connectivity index (χ4n) is 5.09. The maximum absolute atomic E-state index is 6.18. The number of rotatable bonds is 9. The van der Waals surface area contributed by atoms with Crippen molar-refractivity contribution in [1.29, 1.82) is 0 Å². The highest BCUT2D eigenvalue weighted by Crippen LogP contribution is 2.38. The van der Waals surface area contributed by atoms with Gasteiger partial charge in [-0.15, -0.1) is 0 Å². The lowest BCUT2D eigenvalue weighted by atomic mass is 10.1. The van der Waals surface area contributed by atoms with E-state index < -0.39 is 0 Å². The molecule has 1 N–H and O–H groups in total. The molecule has 1 saturated heterocycles. The van der Waals surface area contributed by atoms with E-state index in [9.17, 15) is 0 Å². The van der Waals surface area contributed by atoms with Crippen molar-refractivity contribution in [3.63, 3.8) is 0 Å². The first-order valence-corrected chi connectivity index (χ1v) is 12.4. The van der Waals surface area contributed by atoms with Crippen molar-refractivity contribution < 1.29 is 13.9 Å². The number of fused-ring (bicyclic) bond motifs is 1. The second kappa shape index (κ2) is 10.0. The summed E-state index contributed by atoms with van der Waals surface area (Å²) >= 11 is 0. The molecule has 2 fully saturated rings. The summed E-state index contributed by atoms with van der Waals surface area (Å²) < 4.78 is 17.8. The van der Waals surface area contributed by atoms with Crippen LogP contribution >= 0.6 is 0 Å². The minimum atomic E-state index is 0.495. The van der Waals surface area contributed by atoms with Crippen LogP contribution in [0.2, 0.25) is 0 Å². The minimum Gasteiger partial charge on any atom is -0.493 e. The molecule has 2 aromatic heterocycles. The lowest BCUT2D eigenvalue weighted by molar-refractivity contribution is 0.254. The van der Waals surface area contributed by atoms with Gasteiger partial charge in [0.2, 0.25) is 0 Å². The topological polar surface area (TPSA) is 59.8 Å². The normalized spacial score (nSPS) is 17.2. The average molecular weight is 450 g/mol.